The predicted molar refractivity (Wildman–Crippen MR) is 125 cm³/mol. The van der Waals surface area contributed by atoms with Crippen molar-refractivity contribution in [3.63, 3.8) is 0 Å². The highest BCUT2D eigenvalue weighted by atomic mass is 32.2. The number of nitrogens with one attached hydrogen (secondary N) is 3. The molecule has 0 aliphatic rings. The van der Waals surface area contributed by atoms with E-state index in [-0.39, 0.29) is 5.91 Å². The van der Waals surface area contributed by atoms with Crippen molar-refractivity contribution in [1.29, 1.82) is 5.41 Å². The van der Waals surface area contributed by atoms with Crippen molar-refractivity contribution in [1.82, 2.24) is 15.5 Å². The van der Waals surface area contributed by atoms with E-state index in [1.807, 2.05) is 80.6 Å². The maximum Gasteiger partial charge on any atom is 0.252 e. The lowest BCUT2D eigenvalue weighted by atomic mass is 10.1. The minimum absolute atomic E-state index is 0.102. The topological polar surface area (TPSA) is 81.6 Å². The summed E-state index contributed by atoms with van der Waals surface area (Å²) in [6.45, 7) is 3.92. The minimum Gasteiger partial charge on any atom is -0.355 e. The quantitative estimate of drug-likeness (QED) is 0.345. The van der Waals surface area contributed by atoms with Gasteiger partial charge >= 0.3 is 0 Å². The van der Waals surface area contributed by atoms with Crippen molar-refractivity contribution in [2.45, 2.75) is 23.6 Å². The van der Waals surface area contributed by atoms with E-state index in [1.54, 1.807) is 13.1 Å². The van der Waals surface area contributed by atoms with E-state index in [0.717, 1.165) is 32.0 Å². The minimum atomic E-state index is -0.102. The number of benzene rings is 2. The third-order valence-electron chi connectivity index (χ3n) is 4.38. The number of allylic oxidation sites excluding steroid dienone is 5. The van der Waals surface area contributed by atoms with Crippen LogP contribution in [0.15, 0.2) is 82.1 Å². The third kappa shape index (κ3) is 5.15. The second-order valence-electron chi connectivity index (χ2n) is 6.67. The van der Waals surface area contributed by atoms with E-state index in [9.17, 15) is 4.79 Å². The molecule has 0 aliphatic carbocycles. The van der Waals surface area contributed by atoms with Crippen LogP contribution in [0.3, 0.4) is 0 Å². The highest BCUT2D eigenvalue weighted by Crippen LogP contribution is 2.32. The summed E-state index contributed by atoms with van der Waals surface area (Å²) in [6, 6.07) is 13.6. The molecule has 0 unspecified atom stereocenters. The smallest absolute Gasteiger partial charge is 0.252 e. The number of hydrogen-bond acceptors (Lipinski definition) is 4. The maximum atomic E-state index is 12.1. The zero-order valence-corrected chi connectivity index (χ0v) is 18.0. The molecule has 0 spiro atoms. The van der Waals surface area contributed by atoms with Crippen molar-refractivity contribution >= 4 is 40.4 Å². The number of hydrogen-bond donors (Lipinski definition) is 3. The number of H-pyrrole nitrogens is 1. The molecule has 6 heteroatoms. The second-order valence-corrected chi connectivity index (χ2v) is 7.79. The van der Waals surface area contributed by atoms with Gasteiger partial charge in [-0.25, -0.2) is 0 Å². The number of amides is 1. The van der Waals surface area contributed by atoms with E-state index < -0.39 is 0 Å². The molecule has 2 aromatic carbocycles. The Bertz CT molecular complexity index is 1170. The summed E-state index contributed by atoms with van der Waals surface area (Å²) in [5.74, 6) is -0.102. The maximum absolute atomic E-state index is 12.1. The molecular formula is C24H24N4OS. The van der Waals surface area contributed by atoms with Crippen molar-refractivity contribution in [3.05, 3.63) is 83.6 Å². The zero-order chi connectivity index (χ0) is 21.5. The van der Waals surface area contributed by atoms with Crippen LogP contribution >= 0.6 is 11.8 Å². The van der Waals surface area contributed by atoms with Crippen molar-refractivity contribution in [2.75, 3.05) is 7.05 Å². The van der Waals surface area contributed by atoms with Gasteiger partial charge in [0.25, 0.3) is 5.91 Å². The molecule has 0 fully saturated rings. The molecule has 0 atom stereocenters. The molecule has 1 heterocycles. The molecule has 0 bridgehead atoms. The SMILES string of the molecule is C/C=C\C(C)=C/C(=N)/C=C/c1n[nH]c2cc(Sc3ccccc3C(=O)NC)ccc12. The first kappa shape index (κ1) is 21.3. The number of fused-ring (bicyclic) bond motifs is 1. The lowest BCUT2D eigenvalue weighted by molar-refractivity contribution is 0.0960. The molecule has 0 aliphatic heterocycles. The monoisotopic (exact) mass is 416 g/mol. The summed E-state index contributed by atoms with van der Waals surface area (Å²) in [6.07, 6.45) is 9.31. The van der Waals surface area contributed by atoms with Crippen LogP contribution in [0.5, 0.6) is 0 Å². The Labute approximate surface area is 180 Å². The van der Waals surface area contributed by atoms with E-state index >= 15 is 0 Å². The van der Waals surface area contributed by atoms with Gasteiger partial charge in [0, 0.05) is 22.2 Å². The van der Waals surface area contributed by atoms with Crippen LogP contribution in [-0.2, 0) is 0 Å². The number of aromatic nitrogens is 2. The molecule has 3 rings (SSSR count). The average molecular weight is 417 g/mol. The van der Waals surface area contributed by atoms with Gasteiger partial charge in [-0.1, -0.05) is 36.0 Å². The van der Waals surface area contributed by atoms with Gasteiger partial charge in [0.05, 0.1) is 22.5 Å². The molecular weight excluding hydrogens is 392 g/mol. The van der Waals surface area contributed by atoms with Crippen LogP contribution in [0.1, 0.15) is 29.9 Å². The van der Waals surface area contributed by atoms with Crippen LogP contribution in [0.25, 0.3) is 17.0 Å². The predicted octanol–water partition coefficient (Wildman–Crippen LogP) is 5.63. The number of carbonyl (C=O) groups is 1. The molecule has 3 aromatic rings. The number of rotatable bonds is 7. The van der Waals surface area contributed by atoms with Crippen molar-refractivity contribution in [3.8, 4) is 0 Å². The van der Waals surface area contributed by atoms with Gasteiger partial charge in [0.15, 0.2) is 0 Å². The fourth-order valence-electron chi connectivity index (χ4n) is 2.99. The van der Waals surface area contributed by atoms with Gasteiger partial charge in [-0.2, -0.15) is 5.10 Å². The van der Waals surface area contributed by atoms with Gasteiger partial charge in [0.1, 0.15) is 0 Å². The van der Waals surface area contributed by atoms with Crippen LogP contribution in [0.4, 0.5) is 0 Å². The fraction of sp³-hybridized carbons (Fsp3) is 0.125. The molecule has 1 amide bonds. The number of aromatic amines is 1. The van der Waals surface area contributed by atoms with Crippen LogP contribution in [0, 0.1) is 5.41 Å². The highest BCUT2D eigenvalue weighted by molar-refractivity contribution is 7.99. The van der Waals surface area contributed by atoms with E-state index in [4.69, 9.17) is 5.41 Å². The first-order chi connectivity index (χ1) is 14.5. The molecule has 152 valence electrons. The number of carbonyl (C=O) groups excluding carboxylic acids is 1. The standard InChI is InChI=1S/C24H24N4OS/c1-4-7-16(2)14-17(25)10-13-21-19-12-11-18(15-22(19)28-27-21)30-23-9-6-5-8-20(23)24(29)26-3/h4-15,25H,1-3H3,(H,26,29)(H,27,28)/b7-4-,13-10+,16-14-,25-17?. The van der Waals surface area contributed by atoms with E-state index in [0.29, 0.717) is 11.3 Å². The fourth-order valence-corrected chi connectivity index (χ4v) is 3.97. The highest BCUT2D eigenvalue weighted by Gasteiger charge is 2.11. The lowest BCUT2D eigenvalue weighted by Gasteiger charge is -2.08. The van der Waals surface area contributed by atoms with Gasteiger partial charge in [-0.15, -0.1) is 0 Å². The normalized spacial score (nSPS) is 12.2. The first-order valence-electron chi connectivity index (χ1n) is 9.56. The number of nitrogens with zero attached hydrogens (tertiary/aromatic N) is 1. The lowest BCUT2D eigenvalue weighted by Crippen LogP contribution is -2.18. The zero-order valence-electron chi connectivity index (χ0n) is 17.2. The Morgan fingerprint density at radius 3 is 2.77 bits per heavy atom. The molecule has 3 N–H and O–H groups in total. The Balaban J connectivity index is 1.82. The molecule has 0 saturated heterocycles. The van der Waals surface area contributed by atoms with E-state index in [1.165, 1.54) is 11.8 Å². The van der Waals surface area contributed by atoms with Crippen LogP contribution in [-0.4, -0.2) is 28.9 Å². The molecule has 1 aromatic heterocycles. The summed E-state index contributed by atoms with van der Waals surface area (Å²) in [7, 11) is 1.63. The van der Waals surface area contributed by atoms with Crippen molar-refractivity contribution < 1.29 is 4.79 Å². The summed E-state index contributed by atoms with van der Waals surface area (Å²) in [4.78, 5) is 14.0. The summed E-state index contributed by atoms with van der Waals surface area (Å²) >= 11 is 1.54. The summed E-state index contributed by atoms with van der Waals surface area (Å²) in [5.41, 5.74) is 3.79. The summed E-state index contributed by atoms with van der Waals surface area (Å²) in [5, 5.41) is 19.2. The Kier molecular flexibility index (Phi) is 7.03. The molecule has 30 heavy (non-hydrogen) atoms. The van der Waals surface area contributed by atoms with E-state index in [2.05, 4.69) is 15.5 Å². The molecule has 0 radical (unpaired) electrons. The van der Waals surface area contributed by atoms with Gasteiger partial charge in [0.2, 0.25) is 0 Å². The Hall–Kier alpha value is -3.38. The molecule has 0 saturated carbocycles. The van der Waals surface area contributed by atoms with Crippen molar-refractivity contribution in [2.24, 2.45) is 0 Å². The first-order valence-corrected chi connectivity index (χ1v) is 10.4. The van der Waals surface area contributed by atoms with Crippen LogP contribution < -0.4 is 5.32 Å². The van der Waals surface area contributed by atoms with Gasteiger partial charge < -0.3 is 10.7 Å². The Morgan fingerprint density at radius 1 is 1.20 bits per heavy atom. The van der Waals surface area contributed by atoms with Gasteiger partial charge in [-0.05, 0) is 68.0 Å². The van der Waals surface area contributed by atoms with Crippen LogP contribution in [0.2, 0.25) is 0 Å². The molecule has 5 nitrogen and oxygen atoms in total. The van der Waals surface area contributed by atoms with Gasteiger partial charge in [-0.3, -0.25) is 9.89 Å². The largest absolute Gasteiger partial charge is 0.355 e. The average Bonchev–Trinajstić information content (AvgIpc) is 3.14. The summed E-state index contributed by atoms with van der Waals surface area (Å²) < 4.78 is 0. The Morgan fingerprint density at radius 2 is 2.00 bits per heavy atom. The second kappa shape index (κ2) is 9.89. The third-order valence-corrected chi connectivity index (χ3v) is 5.45.